The predicted molar refractivity (Wildman–Crippen MR) is 138 cm³/mol. The maximum absolute atomic E-state index is 12.9. The summed E-state index contributed by atoms with van der Waals surface area (Å²) in [4.78, 5) is 33.7. The Morgan fingerprint density at radius 2 is 1.80 bits per heavy atom. The van der Waals surface area contributed by atoms with E-state index in [0.717, 1.165) is 55.9 Å². The molecule has 4 rings (SSSR count). The molecule has 0 unspecified atom stereocenters. The van der Waals surface area contributed by atoms with Gasteiger partial charge < -0.3 is 19.9 Å². The van der Waals surface area contributed by atoms with Crippen LogP contribution in [0.4, 0.5) is 10.5 Å². The standard InChI is InChI=1S/C27H36N6O2/c1-4-31(5-2)20(3)26(34)33-15-11-23(12-16-33)22-6-8-24(9-7-22)30-27(35)29-19-21-10-14-32-17-13-28-25(32)18-21/h6-10,13-14,17-18,20,23H,4-5,11-12,15-16,19H2,1-3H3,(H2,29,30,35)/t20-/m0/s1. The van der Waals surface area contributed by atoms with Gasteiger partial charge in [-0.15, -0.1) is 0 Å². The third-order valence-corrected chi connectivity index (χ3v) is 7.08. The van der Waals surface area contributed by atoms with Crippen LogP contribution in [0.2, 0.25) is 0 Å². The zero-order chi connectivity index (χ0) is 24.8. The lowest BCUT2D eigenvalue weighted by Crippen LogP contribution is -2.49. The second-order valence-electron chi connectivity index (χ2n) is 9.15. The molecule has 2 aromatic heterocycles. The summed E-state index contributed by atoms with van der Waals surface area (Å²) in [6.07, 6.45) is 7.50. The number of carbonyl (C=O) groups is 2. The average molecular weight is 477 g/mol. The highest BCUT2D eigenvalue weighted by atomic mass is 16.2. The number of hydrogen-bond acceptors (Lipinski definition) is 4. The van der Waals surface area contributed by atoms with E-state index < -0.39 is 0 Å². The van der Waals surface area contributed by atoms with Crippen molar-refractivity contribution in [1.82, 2.24) is 24.5 Å². The van der Waals surface area contributed by atoms with Crippen LogP contribution in [0.5, 0.6) is 0 Å². The molecule has 3 aromatic rings. The fourth-order valence-corrected chi connectivity index (χ4v) is 4.88. The Morgan fingerprint density at radius 3 is 2.49 bits per heavy atom. The van der Waals surface area contributed by atoms with Crippen LogP contribution < -0.4 is 10.6 Å². The van der Waals surface area contributed by atoms with Crippen LogP contribution in [0.1, 0.15) is 50.7 Å². The number of pyridine rings is 1. The van der Waals surface area contributed by atoms with E-state index in [4.69, 9.17) is 0 Å². The third kappa shape index (κ3) is 6.00. The molecule has 0 aliphatic carbocycles. The molecule has 0 saturated carbocycles. The van der Waals surface area contributed by atoms with Crippen molar-refractivity contribution in [3.63, 3.8) is 0 Å². The number of fused-ring (bicyclic) bond motifs is 1. The molecule has 1 fully saturated rings. The van der Waals surface area contributed by atoms with E-state index in [1.54, 1.807) is 6.20 Å². The normalized spacial score (nSPS) is 15.4. The molecule has 1 atom stereocenters. The number of aromatic nitrogens is 2. The molecule has 0 radical (unpaired) electrons. The number of piperidine rings is 1. The van der Waals surface area contributed by atoms with Crippen LogP contribution in [0, 0.1) is 0 Å². The lowest BCUT2D eigenvalue weighted by molar-refractivity contribution is -0.137. The Balaban J connectivity index is 1.24. The fourth-order valence-electron chi connectivity index (χ4n) is 4.88. The van der Waals surface area contributed by atoms with Crippen molar-refractivity contribution in [1.29, 1.82) is 0 Å². The molecule has 3 amide bonds. The number of hydrogen-bond donors (Lipinski definition) is 2. The smallest absolute Gasteiger partial charge is 0.319 e. The molecule has 1 aliphatic rings. The van der Waals surface area contributed by atoms with Gasteiger partial charge in [0, 0.05) is 43.9 Å². The van der Waals surface area contributed by atoms with Gasteiger partial charge in [-0.3, -0.25) is 9.69 Å². The summed E-state index contributed by atoms with van der Waals surface area (Å²) in [6, 6.07) is 11.7. The van der Waals surface area contributed by atoms with Crippen molar-refractivity contribution < 1.29 is 9.59 Å². The van der Waals surface area contributed by atoms with Gasteiger partial charge >= 0.3 is 6.03 Å². The summed E-state index contributed by atoms with van der Waals surface area (Å²) in [5.41, 5.74) is 3.86. The first-order valence-corrected chi connectivity index (χ1v) is 12.6. The van der Waals surface area contributed by atoms with Gasteiger partial charge in [-0.05, 0) is 74.2 Å². The number of likely N-dealkylation sites (N-methyl/N-ethyl adjacent to an activating group) is 1. The maximum atomic E-state index is 12.9. The number of nitrogens with zero attached hydrogens (tertiary/aromatic N) is 4. The van der Waals surface area contributed by atoms with Crippen LogP contribution in [-0.4, -0.2) is 63.3 Å². The summed E-state index contributed by atoms with van der Waals surface area (Å²) in [6.45, 7) is 10.0. The number of carbonyl (C=O) groups excluding carboxylic acids is 2. The van der Waals surface area contributed by atoms with E-state index >= 15 is 0 Å². The highest BCUT2D eigenvalue weighted by molar-refractivity contribution is 5.89. The van der Waals surface area contributed by atoms with Crippen LogP contribution in [0.25, 0.3) is 5.65 Å². The number of benzene rings is 1. The zero-order valence-corrected chi connectivity index (χ0v) is 20.9. The lowest BCUT2D eigenvalue weighted by Gasteiger charge is -2.36. The van der Waals surface area contributed by atoms with Crippen molar-refractivity contribution in [3.8, 4) is 0 Å². The first-order chi connectivity index (χ1) is 17.0. The van der Waals surface area contributed by atoms with E-state index in [-0.39, 0.29) is 18.0 Å². The van der Waals surface area contributed by atoms with E-state index in [2.05, 4.69) is 46.5 Å². The molecular weight excluding hydrogens is 440 g/mol. The molecule has 1 saturated heterocycles. The van der Waals surface area contributed by atoms with Crippen molar-refractivity contribution in [3.05, 3.63) is 66.1 Å². The van der Waals surface area contributed by atoms with Crippen molar-refractivity contribution in [2.24, 2.45) is 0 Å². The minimum Gasteiger partial charge on any atom is -0.341 e. The van der Waals surface area contributed by atoms with Crippen LogP contribution in [0.15, 0.2) is 55.0 Å². The molecule has 0 bridgehead atoms. The van der Waals surface area contributed by atoms with Crippen molar-refractivity contribution in [2.75, 3.05) is 31.5 Å². The van der Waals surface area contributed by atoms with Gasteiger partial charge in [-0.2, -0.15) is 0 Å². The first-order valence-electron chi connectivity index (χ1n) is 12.6. The lowest BCUT2D eigenvalue weighted by atomic mass is 9.89. The molecule has 8 nitrogen and oxygen atoms in total. The van der Waals surface area contributed by atoms with Gasteiger partial charge in [-0.1, -0.05) is 26.0 Å². The fraction of sp³-hybridized carbons (Fsp3) is 0.444. The predicted octanol–water partition coefficient (Wildman–Crippen LogP) is 4.09. The first kappa shape index (κ1) is 24.7. The van der Waals surface area contributed by atoms with E-state index in [1.165, 1.54) is 5.56 Å². The number of rotatable bonds is 8. The average Bonchev–Trinajstić information content (AvgIpc) is 3.36. The van der Waals surface area contributed by atoms with Crippen LogP contribution in [-0.2, 0) is 11.3 Å². The number of urea groups is 1. The molecule has 1 aromatic carbocycles. The monoisotopic (exact) mass is 476 g/mol. The number of amides is 3. The number of anilines is 1. The quantitative estimate of drug-likeness (QED) is 0.513. The molecule has 35 heavy (non-hydrogen) atoms. The van der Waals surface area contributed by atoms with Gasteiger partial charge in [-0.25, -0.2) is 9.78 Å². The minimum absolute atomic E-state index is 0.0633. The molecule has 8 heteroatoms. The molecular formula is C27H36N6O2. The maximum Gasteiger partial charge on any atom is 0.319 e. The van der Waals surface area contributed by atoms with Gasteiger partial charge in [0.2, 0.25) is 5.91 Å². The summed E-state index contributed by atoms with van der Waals surface area (Å²) >= 11 is 0. The van der Waals surface area contributed by atoms with E-state index in [0.29, 0.717) is 12.5 Å². The molecule has 0 spiro atoms. The summed E-state index contributed by atoms with van der Waals surface area (Å²) in [5.74, 6) is 0.672. The van der Waals surface area contributed by atoms with E-state index in [1.807, 2.05) is 52.9 Å². The van der Waals surface area contributed by atoms with Crippen LogP contribution >= 0.6 is 0 Å². The van der Waals surface area contributed by atoms with Crippen molar-refractivity contribution >= 4 is 23.3 Å². The van der Waals surface area contributed by atoms with Gasteiger partial charge in [0.25, 0.3) is 0 Å². The van der Waals surface area contributed by atoms with Gasteiger partial charge in [0.15, 0.2) is 0 Å². The van der Waals surface area contributed by atoms with Crippen molar-refractivity contribution in [2.45, 2.75) is 52.1 Å². The van der Waals surface area contributed by atoms with E-state index in [9.17, 15) is 9.59 Å². The number of likely N-dealkylation sites (tertiary alicyclic amines) is 1. The van der Waals surface area contributed by atoms with Gasteiger partial charge in [0.05, 0.1) is 6.04 Å². The highest BCUT2D eigenvalue weighted by Gasteiger charge is 2.28. The highest BCUT2D eigenvalue weighted by Crippen LogP contribution is 2.29. The summed E-state index contributed by atoms with van der Waals surface area (Å²) in [5, 5.41) is 5.80. The molecule has 186 valence electrons. The molecule has 3 heterocycles. The molecule has 1 aliphatic heterocycles. The second-order valence-corrected chi connectivity index (χ2v) is 9.15. The Bertz CT molecular complexity index is 1130. The summed E-state index contributed by atoms with van der Waals surface area (Å²) < 4.78 is 1.93. The Hall–Kier alpha value is -3.39. The SMILES string of the molecule is CCN(CC)[C@@H](C)C(=O)N1CCC(c2ccc(NC(=O)NCc3ccn4ccnc4c3)cc2)CC1. The molecule has 2 N–H and O–H groups in total. The van der Waals surface area contributed by atoms with Crippen LogP contribution in [0.3, 0.4) is 0 Å². The summed E-state index contributed by atoms with van der Waals surface area (Å²) in [7, 11) is 0. The zero-order valence-electron chi connectivity index (χ0n) is 20.9. The Kier molecular flexibility index (Phi) is 8.02. The Labute approximate surface area is 207 Å². The minimum atomic E-state index is -0.241. The van der Waals surface area contributed by atoms with Gasteiger partial charge in [0.1, 0.15) is 5.65 Å². The number of imidazole rings is 1. The second kappa shape index (κ2) is 11.4. The Morgan fingerprint density at radius 1 is 1.09 bits per heavy atom. The number of nitrogens with one attached hydrogen (secondary N) is 2. The largest absolute Gasteiger partial charge is 0.341 e. The third-order valence-electron chi connectivity index (χ3n) is 7.08. The topological polar surface area (TPSA) is 82.0 Å².